The van der Waals surface area contributed by atoms with E-state index < -0.39 is 21.3 Å². The minimum Gasteiger partial charge on any atom is -0.306 e. The SMILES string of the molecule is Cc1ccc2c(c1)[C@H]1CN(C)CC[C@H]1N2S(=O)(=O)c1cn(C)c(=O)n(C)c1=O. The van der Waals surface area contributed by atoms with Crippen molar-refractivity contribution in [2.24, 2.45) is 14.1 Å². The molecule has 8 nitrogen and oxygen atoms in total. The maximum atomic E-state index is 13.6. The molecule has 0 unspecified atom stereocenters. The lowest BCUT2D eigenvalue weighted by molar-refractivity contribution is 0.237. The summed E-state index contributed by atoms with van der Waals surface area (Å²) in [5, 5.41) is 0. The van der Waals surface area contributed by atoms with Crippen molar-refractivity contribution in [3.63, 3.8) is 0 Å². The standard InChI is InChI=1S/C19H24N4O4S/c1-12-5-6-15-13(9-12)14-10-20(2)8-7-16(14)23(15)28(26,27)17-11-21(3)19(25)22(4)18(17)24/h5-6,9,11,14,16H,7-8,10H2,1-4H3/t14-,16-/m1/s1. The van der Waals surface area contributed by atoms with E-state index in [4.69, 9.17) is 0 Å². The Bertz CT molecular complexity index is 1180. The largest absolute Gasteiger partial charge is 0.330 e. The van der Waals surface area contributed by atoms with Gasteiger partial charge in [0.05, 0.1) is 11.7 Å². The van der Waals surface area contributed by atoms with Crippen LogP contribution in [0.1, 0.15) is 23.5 Å². The molecule has 2 aliphatic rings. The number of hydrogen-bond acceptors (Lipinski definition) is 5. The van der Waals surface area contributed by atoms with E-state index in [0.29, 0.717) is 12.1 Å². The Hall–Kier alpha value is -2.39. The highest BCUT2D eigenvalue weighted by atomic mass is 32.2. The lowest BCUT2D eigenvalue weighted by Crippen LogP contribution is -2.49. The molecule has 2 atom stereocenters. The summed E-state index contributed by atoms with van der Waals surface area (Å²) in [4.78, 5) is 26.5. The van der Waals surface area contributed by atoms with Crippen LogP contribution in [0.5, 0.6) is 0 Å². The van der Waals surface area contributed by atoms with Crippen LogP contribution in [-0.2, 0) is 24.1 Å². The fourth-order valence-corrected chi connectivity index (χ4v) is 6.30. The van der Waals surface area contributed by atoms with Gasteiger partial charge in [0.25, 0.3) is 15.6 Å². The van der Waals surface area contributed by atoms with Crippen molar-refractivity contribution in [1.29, 1.82) is 0 Å². The fraction of sp³-hybridized carbons (Fsp3) is 0.474. The van der Waals surface area contributed by atoms with Gasteiger partial charge in [0.1, 0.15) is 0 Å². The molecular formula is C19H24N4O4S. The maximum Gasteiger partial charge on any atom is 0.330 e. The summed E-state index contributed by atoms with van der Waals surface area (Å²) < 4.78 is 30.7. The van der Waals surface area contributed by atoms with Gasteiger partial charge in [-0.2, -0.15) is 0 Å². The number of benzene rings is 1. The highest BCUT2D eigenvalue weighted by Crippen LogP contribution is 2.47. The Morgan fingerprint density at radius 2 is 1.82 bits per heavy atom. The predicted molar refractivity (Wildman–Crippen MR) is 106 cm³/mol. The lowest BCUT2D eigenvalue weighted by atomic mass is 9.89. The molecule has 0 saturated carbocycles. The molecule has 1 aromatic heterocycles. The first-order valence-electron chi connectivity index (χ1n) is 9.23. The number of hydrogen-bond donors (Lipinski definition) is 0. The Morgan fingerprint density at radius 3 is 2.54 bits per heavy atom. The van der Waals surface area contributed by atoms with Crippen LogP contribution in [0.2, 0.25) is 0 Å². The average Bonchev–Trinajstić information content (AvgIpc) is 2.96. The van der Waals surface area contributed by atoms with Crippen LogP contribution in [0.15, 0.2) is 38.9 Å². The van der Waals surface area contributed by atoms with Gasteiger partial charge in [-0.15, -0.1) is 0 Å². The number of likely N-dealkylation sites (N-methyl/N-ethyl adjacent to an activating group) is 1. The van der Waals surface area contributed by atoms with Crippen LogP contribution in [0.25, 0.3) is 0 Å². The molecule has 0 bridgehead atoms. The van der Waals surface area contributed by atoms with Crippen LogP contribution in [0.4, 0.5) is 5.69 Å². The van der Waals surface area contributed by atoms with E-state index in [1.807, 2.05) is 32.2 Å². The summed E-state index contributed by atoms with van der Waals surface area (Å²) in [6.45, 7) is 3.53. The molecule has 150 valence electrons. The molecule has 2 aliphatic heterocycles. The number of aromatic nitrogens is 2. The summed E-state index contributed by atoms with van der Waals surface area (Å²) in [7, 11) is 0.650. The predicted octanol–water partition coefficient (Wildman–Crippen LogP) is 0.389. The molecule has 4 rings (SSSR count). The first kappa shape index (κ1) is 18.9. The van der Waals surface area contributed by atoms with Crippen LogP contribution in [0, 0.1) is 6.92 Å². The highest BCUT2D eigenvalue weighted by molar-refractivity contribution is 7.92. The molecule has 1 fully saturated rings. The fourth-order valence-electron chi connectivity index (χ4n) is 4.40. The van der Waals surface area contributed by atoms with Gasteiger partial charge in [-0.3, -0.25) is 13.7 Å². The Morgan fingerprint density at radius 1 is 1.11 bits per heavy atom. The third-order valence-corrected chi connectivity index (χ3v) is 7.67. The molecule has 3 heterocycles. The zero-order valence-corrected chi connectivity index (χ0v) is 17.2. The Kier molecular flexibility index (Phi) is 4.27. The number of anilines is 1. The second kappa shape index (κ2) is 6.31. The lowest BCUT2D eigenvalue weighted by Gasteiger charge is -2.36. The minimum atomic E-state index is -4.12. The van der Waals surface area contributed by atoms with Crippen molar-refractivity contribution in [2.45, 2.75) is 30.2 Å². The monoisotopic (exact) mass is 404 g/mol. The first-order chi connectivity index (χ1) is 13.1. The molecule has 0 amide bonds. The Balaban J connectivity index is 1.94. The van der Waals surface area contributed by atoms with Crippen LogP contribution < -0.4 is 15.6 Å². The molecule has 1 aromatic carbocycles. The van der Waals surface area contributed by atoms with Gasteiger partial charge in [0.15, 0.2) is 4.90 Å². The molecule has 0 radical (unpaired) electrons. The number of likely N-dealkylation sites (tertiary alicyclic amines) is 1. The van der Waals surface area contributed by atoms with Gasteiger partial charge in [0.2, 0.25) is 0 Å². The van der Waals surface area contributed by atoms with Crippen LogP contribution >= 0.6 is 0 Å². The topological polar surface area (TPSA) is 84.6 Å². The number of fused-ring (bicyclic) bond motifs is 3. The summed E-state index contributed by atoms with van der Waals surface area (Å²) in [5.74, 6) is 0.0554. The minimum absolute atomic E-state index is 0.0554. The molecule has 28 heavy (non-hydrogen) atoms. The number of sulfonamides is 1. The van der Waals surface area contributed by atoms with Crippen LogP contribution in [0.3, 0.4) is 0 Å². The third kappa shape index (κ3) is 2.64. The summed E-state index contributed by atoms with van der Waals surface area (Å²) in [6.07, 6.45) is 1.82. The molecule has 1 saturated heterocycles. The number of nitrogens with zero attached hydrogens (tertiary/aromatic N) is 4. The van der Waals surface area contributed by atoms with E-state index in [-0.39, 0.29) is 16.9 Å². The number of piperidine rings is 1. The van der Waals surface area contributed by atoms with E-state index >= 15 is 0 Å². The van der Waals surface area contributed by atoms with E-state index in [9.17, 15) is 18.0 Å². The van der Waals surface area contributed by atoms with Gasteiger partial charge < -0.3 is 9.47 Å². The molecule has 0 aliphatic carbocycles. The zero-order chi connectivity index (χ0) is 20.4. The summed E-state index contributed by atoms with van der Waals surface area (Å²) in [5.41, 5.74) is 1.35. The Labute approximate surface area is 163 Å². The highest BCUT2D eigenvalue weighted by Gasteiger charge is 2.47. The zero-order valence-electron chi connectivity index (χ0n) is 16.4. The van der Waals surface area contributed by atoms with Gasteiger partial charge in [0, 0.05) is 32.8 Å². The second-order valence-electron chi connectivity index (χ2n) is 7.84. The smallest absolute Gasteiger partial charge is 0.306 e. The second-order valence-corrected chi connectivity index (χ2v) is 9.62. The molecule has 2 aromatic rings. The third-order valence-electron chi connectivity index (χ3n) is 5.85. The van der Waals surface area contributed by atoms with E-state index in [0.717, 1.165) is 39.5 Å². The van der Waals surface area contributed by atoms with Crippen molar-refractivity contribution in [3.05, 3.63) is 56.4 Å². The number of rotatable bonds is 2. The maximum absolute atomic E-state index is 13.6. The summed E-state index contributed by atoms with van der Waals surface area (Å²) >= 11 is 0. The van der Waals surface area contributed by atoms with Gasteiger partial charge >= 0.3 is 5.69 Å². The van der Waals surface area contributed by atoms with Gasteiger partial charge in [-0.25, -0.2) is 13.2 Å². The van der Waals surface area contributed by atoms with Crippen molar-refractivity contribution in [2.75, 3.05) is 24.4 Å². The van der Waals surface area contributed by atoms with Crippen LogP contribution in [-0.4, -0.2) is 48.6 Å². The van der Waals surface area contributed by atoms with Gasteiger partial charge in [-0.05, 0) is 38.6 Å². The average molecular weight is 404 g/mol. The van der Waals surface area contributed by atoms with E-state index in [1.54, 1.807) is 0 Å². The molecular weight excluding hydrogens is 380 g/mol. The summed E-state index contributed by atoms with van der Waals surface area (Å²) in [6, 6.07) is 5.52. The first-order valence-corrected chi connectivity index (χ1v) is 10.7. The molecule has 0 N–H and O–H groups in total. The van der Waals surface area contributed by atoms with Crippen molar-refractivity contribution >= 4 is 15.7 Å². The number of aryl methyl sites for hydroxylation is 2. The van der Waals surface area contributed by atoms with Crippen molar-refractivity contribution in [3.8, 4) is 0 Å². The quantitative estimate of drug-likeness (QED) is 0.723. The van der Waals surface area contributed by atoms with Gasteiger partial charge in [-0.1, -0.05) is 17.7 Å². The van der Waals surface area contributed by atoms with E-state index in [1.165, 1.54) is 18.4 Å². The van der Waals surface area contributed by atoms with E-state index in [2.05, 4.69) is 4.90 Å². The van der Waals surface area contributed by atoms with Crippen molar-refractivity contribution in [1.82, 2.24) is 14.0 Å². The normalized spacial score (nSPS) is 22.2. The molecule has 9 heteroatoms. The van der Waals surface area contributed by atoms with Crippen molar-refractivity contribution < 1.29 is 8.42 Å². The molecule has 0 spiro atoms.